The lowest BCUT2D eigenvalue weighted by molar-refractivity contribution is -0.136. The van der Waals surface area contributed by atoms with Gasteiger partial charge < -0.3 is 4.74 Å². The minimum Gasteiger partial charge on any atom is -0.465 e. The van der Waals surface area contributed by atoms with Gasteiger partial charge in [0.25, 0.3) is 0 Å². The molecule has 0 aromatic heterocycles. The summed E-state index contributed by atoms with van der Waals surface area (Å²) in [5, 5.41) is 0. The number of ether oxygens (including phenoxy) is 1. The van der Waals surface area contributed by atoms with Crippen LogP contribution in [0.1, 0.15) is 46.5 Å². The zero-order valence-corrected chi connectivity index (χ0v) is 12.0. The summed E-state index contributed by atoms with van der Waals surface area (Å²) in [4.78, 5) is 11.8. The van der Waals surface area contributed by atoms with E-state index >= 15 is 0 Å². The minimum atomic E-state index is -0.233. The van der Waals surface area contributed by atoms with E-state index in [0.717, 1.165) is 18.4 Å². The van der Waals surface area contributed by atoms with E-state index in [1.165, 1.54) is 20.0 Å². The molecule has 0 aliphatic heterocycles. The van der Waals surface area contributed by atoms with Crippen molar-refractivity contribution < 1.29 is 9.53 Å². The molecule has 0 amide bonds. The molecule has 18 heavy (non-hydrogen) atoms. The molecule has 2 rings (SSSR count). The normalized spacial score (nSPS) is 34.6. The Balaban J connectivity index is 2.40. The largest absolute Gasteiger partial charge is 0.465 e. The van der Waals surface area contributed by atoms with Gasteiger partial charge in [-0.2, -0.15) is 0 Å². The Bertz CT molecular complexity index is 417. The number of hydrogen-bond acceptors (Lipinski definition) is 2. The van der Waals surface area contributed by atoms with Gasteiger partial charge in [0.15, 0.2) is 0 Å². The summed E-state index contributed by atoms with van der Waals surface area (Å²) in [6, 6.07) is 0. The molecule has 0 N–H and O–H groups in total. The van der Waals surface area contributed by atoms with Crippen LogP contribution in [0.4, 0.5) is 0 Å². The van der Waals surface area contributed by atoms with Crippen LogP contribution in [-0.4, -0.2) is 13.1 Å². The van der Waals surface area contributed by atoms with Gasteiger partial charge in [-0.15, -0.1) is 0 Å². The summed E-state index contributed by atoms with van der Waals surface area (Å²) in [5.74, 6) is 0.350. The van der Waals surface area contributed by atoms with E-state index in [4.69, 9.17) is 4.74 Å². The molecule has 100 valence electrons. The Kier molecular flexibility index (Phi) is 3.16. The summed E-state index contributed by atoms with van der Waals surface area (Å²) in [7, 11) is 1.44. The van der Waals surface area contributed by atoms with E-state index in [0.29, 0.717) is 16.9 Å². The fourth-order valence-electron chi connectivity index (χ4n) is 4.05. The average Bonchev–Trinajstić information content (AvgIpc) is 2.30. The van der Waals surface area contributed by atoms with Gasteiger partial charge >= 0.3 is 5.97 Å². The number of esters is 1. The first-order chi connectivity index (χ1) is 8.33. The van der Waals surface area contributed by atoms with Crippen molar-refractivity contribution in [2.24, 2.45) is 16.7 Å². The van der Waals surface area contributed by atoms with Crippen LogP contribution in [-0.2, 0) is 9.53 Å². The number of methoxy groups -OCH3 is 1. The monoisotopic (exact) mass is 248 g/mol. The molecule has 2 atom stereocenters. The van der Waals surface area contributed by atoms with Crippen LogP contribution in [0.3, 0.4) is 0 Å². The zero-order chi connectivity index (χ0) is 13.6. The Morgan fingerprint density at radius 2 is 2.06 bits per heavy atom. The number of fused-ring (bicyclic) bond motifs is 1. The highest BCUT2D eigenvalue weighted by molar-refractivity contribution is 5.94. The summed E-state index contributed by atoms with van der Waals surface area (Å²) in [6.45, 7) is 11.2. The quantitative estimate of drug-likeness (QED) is 0.658. The van der Waals surface area contributed by atoms with Crippen LogP contribution in [0.25, 0.3) is 0 Å². The lowest BCUT2D eigenvalue weighted by Crippen LogP contribution is -2.45. The lowest BCUT2D eigenvalue weighted by Gasteiger charge is -2.53. The van der Waals surface area contributed by atoms with Crippen molar-refractivity contribution in [2.75, 3.05) is 7.11 Å². The maximum absolute atomic E-state index is 11.8. The number of carbonyl (C=O) groups excluding carboxylic acids is 1. The van der Waals surface area contributed by atoms with Crippen molar-refractivity contribution >= 4 is 5.97 Å². The van der Waals surface area contributed by atoms with Crippen molar-refractivity contribution in [3.63, 3.8) is 0 Å². The predicted molar refractivity (Wildman–Crippen MR) is 73.1 cm³/mol. The maximum Gasteiger partial charge on any atom is 0.337 e. The van der Waals surface area contributed by atoms with Gasteiger partial charge in [-0.25, -0.2) is 4.79 Å². The van der Waals surface area contributed by atoms with Crippen molar-refractivity contribution in [1.29, 1.82) is 0 Å². The van der Waals surface area contributed by atoms with Crippen LogP contribution >= 0.6 is 0 Å². The van der Waals surface area contributed by atoms with Gasteiger partial charge in [-0.3, -0.25) is 0 Å². The van der Waals surface area contributed by atoms with Crippen molar-refractivity contribution in [3.8, 4) is 0 Å². The lowest BCUT2D eigenvalue weighted by atomic mass is 9.51. The van der Waals surface area contributed by atoms with E-state index < -0.39 is 0 Å². The Morgan fingerprint density at radius 3 is 2.67 bits per heavy atom. The molecule has 2 aliphatic carbocycles. The Morgan fingerprint density at radius 1 is 1.39 bits per heavy atom. The van der Waals surface area contributed by atoms with E-state index in [9.17, 15) is 4.79 Å². The molecule has 0 aromatic rings. The molecule has 0 aromatic carbocycles. The van der Waals surface area contributed by atoms with Gasteiger partial charge in [0.1, 0.15) is 0 Å². The third-order valence-electron chi connectivity index (χ3n) is 5.21. The predicted octanol–water partition coefficient (Wildman–Crippen LogP) is 3.88. The topological polar surface area (TPSA) is 26.3 Å². The number of hydrogen-bond donors (Lipinski definition) is 0. The standard InChI is InChI=1S/C16H24O2/c1-11-12(14(17)18-5)7-8-13-15(2,3)9-6-10-16(11,13)4/h7,13H,1,6,8-10H2,2-5H3/t13-,16+/m0/s1. The van der Waals surface area contributed by atoms with Gasteiger partial charge in [-0.1, -0.05) is 39.8 Å². The highest BCUT2D eigenvalue weighted by Crippen LogP contribution is 2.59. The van der Waals surface area contributed by atoms with Gasteiger partial charge in [0.2, 0.25) is 0 Å². The van der Waals surface area contributed by atoms with Crippen LogP contribution in [0, 0.1) is 16.7 Å². The van der Waals surface area contributed by atoms with Gasteiger partial charge in [0, 0.05) is 0 Å². The van der Waals surface area contributed by atoms with Crippen molar-refractivity contribution in [3.05, 3.63) is 23.8 Å². The Labute approximate surface area is 110 Å². The van der Waals surface area contributed by atoms with E-state index in [2.05, 4.69) is 27.4 Å². The van der Waals surface area contributed by atoms with Gasteiger partial charge in [-0.05, 0) is 41.6 Å². The first-order valence-corrected chi connectivity index (χ1v) is 6.81. The third-order valence-corrected chi connectivity index (χ3v) is 5.21. The molecule has 2 aliphatic rings. The van der Waals surface area contributed by atoms with Crippen LogP contribution in [0.15, 0.2) is 23.8 Å². The van der Waals surface area contributed by atoms with Crippen LogP contribution in [0.2, 0.25) is 0 Å². The maximum atomic E-state index is 11.8. The van der Waals surface area contributed by atoms with E-state index in [1.54, 1.807) is 0 Å². The average molecular weight is 248 g/mol. The summed E-state index contributed by atoms with van der Waals surface area (Å²) in [6.07, 6.45) is 6.62. The van der Waals surface area contributed by atoms with Crippen LogP contribution in [0.5, 0.6) is 0 Å². The van der Waals surface area contributed by atoms with E-state index in [1.807, 2.05) is 6.08 Å². The summed E-state index contributed by atoms with van der Waals surface area (Å²) < 4.78 is 4.87. The highest BCUT2D eigenvalue weighted by atomic mass is 16.5. The molecule has 2 nitrogen and oxygen atoms in total. The second-order valence-electron chi connectivity index (χ2n) is 6.64. The second kappa shape index (κ2) is 4.25. The number of carbonyl (C=O) groups is 1. The first-order valence-electron chi connectivity index (χ1n) is 6.81. The smallest absolute Gasteiger partial charge is 0.337 e. The minimum absolute atomic E-state index is 0.0556. The molecule has 0 radical (unpaired) electrons. The van der Waals surface area contributed by atoms with Gasteiger partial charge in [0.05, 0.1) is 12.7 Å². The molecule has 1 saturated carbocycles. The highest BCUT2D eigenvalue weighted by Gasteiger charge is 2.50. The van der Waals surface area contributed by atoms with Crippen LogP contribution < -0.4 is 0 Å². The molecular weight excluding hydrogens is 224 g/mol. The molecule has 0 heterocycles. The first kappa shape index (κ1) is 13.4. The molecule has 0 saturated heterocycles. The zero-order valence-electron chi connectivity index (χ0n) is 12.0. The Hall–Kier alpha value is -1.05. The van der Waals surface area contributed by atoms with Crippen molar-refractivity contribution in [2.45, 2.75) is 46.5 Å². The number of rotatable bonds is 1. The molecule has 0 spiro atoms. The van der Waals surface area contributed by atoms with Crippen molar-refractivity contribution in [1.82, 2.24) is 0 Å². The molecule has 0 unspecified atom stereocenters. The molecule has 0 bridgehead atoms. The number of allylic oxidation sites excluding steroid dienone is 1. The molecule has 2 heteroatoms. The van der Waals surface area contributed by atoms with E-state index in [-0.39, 0.29) is 11.4 Å². The molecule has 1 fully saturated rings. The fraction of sp³-hybridized carbons (Fsp3) is 0.688. The second-order valence-corrected chi connectivity index (χ2v) is 6.64. The molecular formula is C16H24O2. The summed E-state index contributed by atoms with van der Waals surface area (Å²) >= 11 is 0. The summed E-state index contributed by atoms with van der Waals surface area (Å²) in [5.41, 5.74) is 2.07. The fourth-order valence-corrected chi connectivity index (χ4v) is 4.05. The third kappa shape index (κ3) is 1.82. The SMILES string of the molecule is C=C1C(C(=O)OC)=CC[C@H]2C(C)(C)CCC[C@]12C.